The zero-order chi connectivity index (χ0) is 14.4. The lowest BCUT2D eigenvalue weighted by atomic mass is 10.3. The maximum atomic E-state index is 11.9. The minimum Gasteiger partial charge on any atom is -0.481 e. The molecule has 19 heavy (non-hydrogen) atoms. The van der Waals surface area contributed by atoms with Gasteiger partial charge >= 0.3 is 12.0 Å². The Morgan fingerprint density at radius 3 is 2.32 bits per heavy atom. The van der Waals surface area contributed by atoms with Gasteiger partial charge in [-0.1, -0.05) is 0 Å². The lowest BCUT2D eigenvalue weighted by Crippen LogP contribution is -2.43. The van der Waals surface area contributed by atoms with Gasteiger partial charge in [-0.05, 0) is 12.8 Å². The number of carboxylic acids is 1. The molecule has 0 saturated heterocycles. The summed E-state index contributed by atoms with van der Waals surface area (Å²) < 4.78 is 0. The van der Waals surface area contributed by atoms with Gasteiger partial charge < -0.3 is 20.2 Å². The molecule has 7 nitrogen and oxygen atoms in total. The molecule has 0 aliphatic heterocycles. The normalized spacial score (nSPS) is 13.8. The fraction of sp³-hybridized carbons (Fsp3) is 0.750. The fourth-order valence-corrected chi connectivity index (χ4v) is 1.65. The van der Waals surface area contributed by atoms with Crippen LogP contribution in [0, 0.1) is 0 Å². The van der Waals surface area contributed by atoms with Crippen molar-refractivity contribution in [2.75, 3.05) is 27.2 Å². The van der Waals surface area contributed by atoms with Crippen molar-refractivity contribution in [1.82, 2.24) is 15.1 Å². The molecule has 0 heterocycles. The molecule has 0 aromatic heterocycles. The zero-order valence-electron chi connectivity index (χ0n) is 11.4. The van der Waals surface area contributed by atoms with E-state index in [0.29, 0.717) is 0 Å². The van der Waals surface area contributed by atoms with E-state index < -0.39 is 5.97 Å². The average molecular weight is 271 g/mol. The third-order valence-corrected chi connectivity index (χ3v) is 2.93. The van der Waals surface area contributed by atoms with E-state index in [1.54, 1.807) is 19.0 Å². The molecule has 1 aliphatic carbocycles. The second-order valence-electron chi connectivity index (χ2n) is 4.84. The first-order chi connectivity index (χ1) is 8.91. The molecule has 0 atom stereocenters. The third kappa shape index (κ3) is 5.58. The van der Waals surface area contributed by atoms with Gasteiger partial charge in [-0.2, -0.15) is 0 Å². The van der Waals surface area contributed by atoms with Gasteiger partial charge in [0.1, 0.15) is 0 Å². The molecule has 0 aromatic rings. The number of urea groups is 1. The monoisotopic (exact) mass is 271 g/mol. The summed E-state index contributed by atoms with van der Waals surface area (Å²) in [4.78, 5) is 36.8. The summed E-state index contributed by atoms with van der Waals surface area (Å²) in [7, 11) is 3.32. The molecule has 0 aromatic carbocycles. The van der Waals surface area contributed by atoms with Crippen molar-refractivity contribution >= 4 is 17.9 Å². The quantitative estimate of drug-likeness (QED) is 0.688. The van der Waals surface area contributed by atoms with Gasteiger partial charge in [0, 0.05) is 39.6 Å². The summed E-state index contributed by atoms with van der Waals surface area (Å²) in [6.07, 6.45) is 2.03. The second kappa shape index (κ2) is 6.96. The molecule has 1 rings (SSSR count). The first-order valence-corrected chi connectivity index (χ1v) is 6.38. The largest absolute Gasteiger partial charge is 0.481 e. The minimum atomic E-state index is -0.916. The predicted octanol–water partition coefficient (Wildman–Crippen LogP) is 0.113. The first kappa shape index (κ1) is 15.3. The minimum absolute atomic E-state index is 0.0520. The van der Waals surface area contributed by atoms with Crippen LogP contribution in [-0.2, 0) is 9.59 Å². The van der Waals surface area contributed by atoms with Crippen LogP contribution >= 0.6 is 0 Å². The summed E-state index contributed by atoms with van der Waals surface area (Å²) in [5.41, 5.74) is 0. The van der Waals surface area contributed by atoms with E-state index in [1.165, 1.54) is 4.90 Å². The van der Waals surface area contributed by atoms with Gasteiger partial charge in [0.25, 0.3) is 0 Å². The van der Waals surface area contributed by atoms with Gasteiger partial charge in [-0.15, -0.1) is 0 Å². The van der Waals surface area contributed by atoms with E-state index >= 15 is 0 Å². The van der Waals surface area contributed by atoms with Crippen molar-refractivity contribution in [2.45, 2.75) is 31.7 Å². The number of hydrogen-bond donors (Lipinski definition) is 2. The maximum Gasteiger partial charge on any atom is 0.317 e. The number of nitrogens with zero attached hydrogens (tertiary/aromatic N) is 2. The molecular weight excluding hydrogens is 250 g/mol. The fourth-order valence-electron chi connectivity index (χ4n) is 1.65. The van der Waals surface area contributed by atoms with Crippen molar-refractivity contribution in [3.05, 3.63) is 0 Å². The number of carbonyl (C=O) groups is 3. The Labute approximate surface area is 112 Å². The molecule has 3 amide bonds. The highest BCUT2D eigenvalue weighted by molar-refractivity contribution is 5.78. The Kier molecular flexibility index (Phi) is 5.59. The SMILES string of the molecule is CN(C)C(=O)CCNC(=O)N(CCC(=O)O)C1CC1. The Morgan fingerprint density at radius 1 is 1.21 bits per heavy atom. The van der Waals surface area contributed by atoms with Crippen LogP contribution in [0.15, 0.2) is 0 Å². The van der Waals surface area contributed by atoms with Crippen molar-refractivity contribution < 1.29 is 19.5 Å². The van der Waals surface area contributed by atoms with Crippen LogP contribution in [0.1, 0.15) is 25.7 Å². The van der Waals surface area contributed by atoms with Crippen LogP contribution in [0.2, 0.25) is 0 Å². The van der Waals surface area contributed by atoms with Crippen molar-refractivity contribution in [3.63, 3.8) is 0 Å². The van der Waals surface area contributed by atoms with E-state index in [2.05, 4.69) is 5.32 Å². The number of aliphatic carboxylic acids is 1. The molecule has 2 N–H and O–H groups in total. The van der Waals surface area contributed by atoms with Gasteiger partial charge in [-0.3, -0.25) is 9.59 Å². The van der Waals surface area contributed by atoms with E-state index in [0.717, 1.165) is 12.8 Å². The van der Waals surface area contributed by atoms with Crippen LogP contribution < -0.4 is 5.32 Å². The topological polar surface area (TPSA) is 90.0 Å². The molecule has 108 valence electrons. The number of carboxylic acid groups (broad SMARTS) is 1. The summed E-state index contributed by atoms with van der Waals surface area (Å²) in [6.45, 7) is 0.486. The second-order valence-corrected chi connectivity index (χ2v) is 4.84. The van der Waals surface area contributed by atoms with E-state index in [1.807, 2.05) is 0 Å². The summed E-state index contributed by atoms with van der Waals surface area (Å²) in [5, 5.41) is 11.3. The molecular formula is C12H21N3O4. The lowest BCUT2D eigenvalue weighted by molar-refractivity contribution is -0.137. The number of rotatable bonds is 7. The van der Waals surface area contributed by atoms with Crippen molar-refractivity contribution in [1.29, 1.82) is 0 Å². The van der Waals surface area contributed by atoms with Gasteiger partial charge in [0.05, 0.1) is 6.42 Å². The molecule has 1 aliphatic rings. The Hall–Kier alpha value is -1.79. The number of carbonyl (C=O) groups excluding carboxylic acids is 2. The Morgan fingerprint density at radius 2 is 1.84 bits per heavy atom. The van der Waals surface area contributed by atoms with Crippen LogP contribution in [0.4, 0.5) is 4.79 Å². The highest BCUT2D eigenvalue weighted by Gasteiger charge is 2.32. The Balaban J connectivity index is 2.32. The van der Waals surface area contributed by atoms with E-state index in [-0.39, 0.29) is 43.9 Å². The molecule has 0 bridgehead atoms. The molecule has 1 fully saturated rings. The van der Waals surface area contributed by atoms with Crippen molar-refractivity contribution in [2.24, 2.45) is 0 Å². The van der Waals surface area contributed by atoms with Gasteiger partial charge in [0.15, 0.2) is 0 Å². The van der Waals surface area contributed by atoms with Crippen LogP contribution in [-0.4, -0.2) is 66.0 Å². The summed E-state index contributed by atoms with van der Waals surface area (Å²) >= 11 is 0. The Bertz CT molecular complexity index is 353. The molecule has 7 heteroatoms. The molecule has 1 saturated carbocycles. The van der Waals surface area contributed by atoms with Crippen molar-refractivity contribution in [3.8, 4) is 0 Å². The summed E-state index contributed by atoms with van der Waals surface area (Å²) in [5.74, 6) is -0.968. The van der Waals surface area contributed by atoms with Crippen LogP contribution in [0.25, 0.3) is 0 Å². The molecule has 0 spiro atoms. The van der Waals surface area contributed by atoms with E-state index in [9.17, 15) is 14.4 Å². The first-order valence-electron chi connectivity index (χ1n) is 6.38. The zero-order valence-corrected chi connectivity index (χ0v) is 11.4. The standard InChI is InChI=1S/C12H21N3O4/c1-14(2)10(16)5-7-13-12(19)15(9-3-4-9)8-6-11(17)18/h9H,3-8H2,1-2H3,(H,13,19)(H,17,18). The van der Waals surface area contributed by atoms with Crippen LogP contribution in [0.3, 0.4) is 0 Å². The van der Waals surface area contributed by atoms with Gasteiger partial charge in [-0.25, -0.2) is 4.79 Å². The van der Waals surface area contributed by atoms with Crippen LogP contribution in [0.5, 0.6) is 0 Å². The smallest absolute Gasteiger partial charge is 0.317 e. The number of hydrogen-bond acceptors (Lipinski definition) is 3. The van der Waals surface area contributed by atoms with E-state index in [4.69, 9.17) is 5.11 Å². The summed E-state index contributed by atoms with van der Waals surface area (Å²) in [6, 6.07) is -0.126. The average Bonchev–Trinajstić information content (AvgIpc) is 3.13. The highest BCUT2D eigenvalue weighted by Crippen LogP contribution is 2.26. The maximum absolute atomic E-state index is 11.9. The number of amides is 3. The number of nitrogens with one attached hydrogen (secondary N) is 1. The van der Waals surface area contributed by atoms with Gasteiger partial charge in [0.2, 0.25) is 5.91 Å². The molecule has 0 unspecified atom stereocenters. The third-order valence-electron chi connectivity index (χ3n) is 2.93. The highest BCUT2D eigenvalue weighted by atomic mass is 16.4. The lowest BCUT2D eigenvalue weighted by Gasteiger charge is -2.22. The predicted molar refractivity (Wildman–Crippen MR) is 68.7 cm³/mol. The molecule has 0 radical (unpaired) electrons.